The van der Waals surface area contributed by atoms with Crippen LogP contribution < -0.4 is 0 Å². The standard InChI is InChI=1S/C11H17NO5S/c1-9-10(5-4-8-18(13,14)15)12-11(17-9)6-3-7-16-2/h3,6H,4-5,7-8H2,1-2H3,(H,13,14,15)/b6-3+. The van der Waals surface area contributed by atoms with Crippen molar-refractivity contribution in [2.45, 2.75) is 19.8 Å². The van der Waals surface area contributed by atoms with Gasteiger partial charge in [0.1, 0.15) is 5.76 Å². The Hall–Kier alpha value is -1.18. The summed E-state index contributed by atoms with van der Waals surface area (Å²) in [6.45, 7) is 2.24. The zero-order valence-electron chi connectivity index (χ0n) is 10.4. The van der Waals surface area contributed by atoms with Crippen LogP contribution in [0.2, 0.25) is 0 Å². The topological polar surface area (TPSA) is 89.6 Å². The molecule has 1 aromatic heterocycles. The fourth-order valence-corrected chi connectivity index (χ4v) is 1.93. The van der Waals surface area contributed by atoms with E-state index in [0.29, 0.717) is 36.8 Å². The van der Waals surface area contributed by atoms with Crippen molar-refractivity contribution in [3.05, 3.63) is 23.4 Å². The van der Waals surface area contributed by atoms with E-state index in [4.69, 9.17) is 13.7 Å². The first-order valence-corrected chi connectivity index (χ1v) is 7.10. The minimum Gasteiger partial charge on any atom is -0.442 e. The van der Waals surface area contributed by atoms with Crippen LogP contribution in [0.1, 0.15) is 23.8 Å². The number of aromatic nitrogens is 1. The summed E-state index contributed by atoms with van der Waals surface area (Å²) >= 11 is 0. The second kappa shape index (κ2) is 6.67. The van der Waals surface area contributed by atoms with Crippen molar-refractivity contribution >= 4 is 16.2 Å². The Morgan fingerprint density at radius 1 is 1.50 bits per heavy atom. The molecular formula is C11H17NO5S. The SMILES string of the molecule is COC/C=C/c1nc(CCCS(=O)(=O)O)c(C)o1. The van der Waals surface area contributed by atoms with Gasteiger partial charge in [0.15, 0.2) is 0 Å². The summed E-state index contributed by atoms with van der Waals surface area (Å²) in [5.74, 6) is 0.850. The Morgan fingerprint density at radius 3 is 2.83 bits per heavy atom. The number of hydrogen-bond donors (Lipinski definition) is 1. The van der Waals surface area contributed by atoms with Crippen LogP contribution in [0.3, 0.4) is 0 Å². The Morgan fingerprint density at radius 2 is 2.22 bits per heavy atom. The van der Waals surface area contributed by atoms with Crippen molar-refractivity contribution in [1.29, 1.82) is 0 Å². The van der Waals surface area contributed by atoms with Crippen LogP contribution in [-0.4, -0.2) is 37.4 Å². The van der Waals surface area contributed by atoms with Gasteiger partial charge in [0, 0.05) is 7.11 Å². The summed E-state index contributed by atoms with van der Waals surface area (Å²) in [5, 5.41) is 0. The number of aryl methyl sites for hydroxylation is 2. The fraction of sp³-hybridized carbons (Fsp3) is 0.545. The average molecular weight is 275 g/mol. The molecule has 0 bridgehead atoms. The van der Waals surface area contributed by atoms with Crippen molar-refractivity contribution in [2.75, 3.05) is 19.5 Å². The van der Waals surface area contributed by atoms with Gasteiger partial charge in [-0.2, -0.15) is 8.42 Å². The van der Waals surface area contributed by atoms with E-state index >= 15 is 0 Å². The van der Waals surface area contributed by atoms with Crippen molar-refractivity contribution in [3.63, 3.8) is 0 Å². The molecule has 0 atom stereocenters. The van der Waals surface area contributed by atoms with E-state index in [9.17, 15) is 8.42 Å². The Labute approximate surface area is 106 Å². The van der Waals surface area contributed by atoms with E-state index in [2.05, 4.69) is 4.98 Å². The van der Waals surface area contributed by atoms with Gasteiger partial charge in [0.25, 0.3) is 10.1 Å². The summed E-state index contributed by atoms with van der Waals surface area (Å²) in [6, 6.07) is 0. The molecule has 0 unspecified atom stereocenters. The lowest BCUT2D eigenvalue weighted by molar-refractivity contribution is 0.234. The van der Waals surface area contributed by atoms with E-state index in [0.717, 1.165) is 0 Å². The molecule has 1 aromatic rings. The van der Waals surface area contributed by atoms with Gasteiger partial charge in [-0.05, 0) is 25.8 Å². The molecule has 0 aliphatic carbocycles. The van der Waals surface area contributed by atoms with Gasteiger partial charge in [0.05, 0.1) is 18.1 Å². The predicted octanol–water partition coefficient (Wildman–Crippen LogP) is 1.46. The number of ether oxygens (including phenoxy) is 1. The molecule has 7 heteroatoms. The number of hydrogen-bond acceptors (Lipinski definition) is 5. The van der Waals surface area contributed by atoms with E-state index in [1.165, 1.54) is 0 Å². The Balaban J connectivity index is 2.56. The van der Waals surface area contributed by atoms with Gasteiger partial charge in [-0.15, -0.1) is 0 Å². The average Bonchev–Trinajstić information content (AvgIpc) is 2.58. The second-order valence-corrected chi connectivity index (χ2v) is 5.37. The van der Waals surface area contributed by atoms with Gasteiger partial charge >= 0.3 is 0 Å². The highest BCUT2D eigenvalue weighted by atomic mass is 32.2. The van der Waals surface area contributed by atoms with Crippen LogP contribution in [0.15, 0.2) is 10.5 Å². The molecule has 102 valence electrons. The summed E-state index contributed by atoms with van der Waals surface area (Å²) in [6.07, 6.45) is 4.23. The minimum absolute atomic E-state index is 0.270. The Kier molecular flexibility index (Phi) is 5.52. The third kappa shape index (κ3) is 5.44. The molecule has 18 heavy (non-hydrogen) atoms. The molecule has 0 radical (unpaired) electrons. The molecule has 0 spiro atoms. The lowest BCUT2D eigenvalue weighted by Crippen LogP contribution is -2.05. The monoisotopic (exact) mass is 275 g/mol. The summed E-state index contributed by atoms with van der Waals surface area (Å²) in [7, 11) is -2.32. The van der Waals surface area contributed by atoms with Crippen LogP contribution in [-0.2, 0) is 21.3 Å². The van der Waals surface area contributed by atoms with Gasteiger partial charge in [-0.1, -0.05) is 6.08 Å². The first-order valence-electron chi connectivity index (χ1n) is 5.49. The second-order valence-electron chi connectivity index (χ2n) is 3.80. The molecule has 0 aliphatic rings. The molecule has 0 aliphatic heterocycles. The lowest BCUT2D eigenvalue weighted by atomic mass is 10.2. The first kappa shape index (κ1) is 14.9. The quantitative estimate of drug-likeness (QED) is 0.758. The maximum atomic E-state index is 10.6. The van der Waals surface area contributed by atoms with Crippen LogP contribution in [0.5, 0.6) is 0 Å². The molecule has 0 aromatic carbocycles. The number of methoxy groups -OCH3 is 1. The van der Waals surface area contributed by atoms with Crippen molar-refractivity contribution in [1.82, 2.24) is 4.98 Å². The normalized spacial score (nSPS) is 12.4. The third-order valence-electron chi connectivity index (χ3n) is 2.25. The zero-order valence-corrected chi connectivity index (χ0v) is 11.2. The molecule has 6 nitrogen and oxygen atoms in total. The van der Waals surface area contributed by atoms with Gasteiger partial charge in [-0.25, -0.2) is 4.98 Å². The maximum Gasteiger partial charge on any atom is 0.264 e. The molecule has 0 amide bonds. The maximum absolute atomic E-state index is 10.6. The molecular weight excluding hydrogens is 258 g/mol. The molecule has 0 saturated carbocycles. The summed E-state index contributed by atoms with van der Waals surface area (Å²) in [4.78, 5) is 4.22. The Bertz CT molecular complexity index is 504. The van der Waals surface area contributed by atoms with E-state index in [1.807, 2.05) is 0 Å². The molecule has 1 N–H and O–H groups in total. The summed E-state index contributed by atoms with van der Waals surface area (Å²) < 4.78 is 40.0. The third-order valence-corrected chi connectivity index (χ3v) is 3.05. The molecule has 1 rings (SSSR count). The molecule has 0 fully saturated rings. The largest absolute Gasteiger partial charge is 0.442 e. The highest BCUT2D eigenvalue weighted by Gasteiger charge is 2.10. The van der Waals surface area contributed by atoms with Crippen LogP contribution in [0, 0.1) is 6.92 Å². The van der Waals surface area contributed by atoms with Crippen molar-refractivity contribution in [3.8, 4) is 0 Å². The molecule has 1 heterocycles. The number of nitrogens with zero attached hydrogens (tertiary/aromatic N) is 1. The summed E-state index contributed by atoms with van der Waals surface area (Å²) in [5.41, 5.74) is 0.704. The highest BCUT2D eigenvalue weighted by molar-refractivity contribution is 7.85. The number of oxazole rings is 1. The first-order chi connectivity index (χ1) is 8.42. The smallest absolute Gasteiger partial charge is 0.264 e. The lowest BCUT2D eigenvalue weighted by Gasteiger charge is -1.95. The van der Waals surface area contributed by atoms with Crippen molar-refractivity contribution in [2.24, 2.45) is 0 Å². The van der Waals surface area contributed by atoms with Crippen molar-refractivity contribution < 1.29 is 22.1 Å². The van der Waals surface area contributed by atoms with E-state index in [1.54, 1.807) is 26.2 Å². The van der Waals surface area contributed by atoms with E-state index < -0.39 is 10.1 Å². The zero-order chi connectivity index (χ0) is 13.6. The highest BCUT2D eigenvalue weighted by Crippen LogP contribution is 2.13. The molecule has 0 saturated heterocycles. The predicted molar refractivity (Wildman–Crippen MR) is 66.9 cm³/mol. The fourth-order valence-electron chi connectivity index (χ4n) is 1.42. The van der Waals surface area contributed by atoms with Crippen LogP contribution in [0.4, 0.5) is 0 Å². The van der Waals surface area contributed by atoms with E-state index in [-0.39, 0.29) is 5.75 Å². The van der Waals surface area contributed by atoms with Crippen LogP contribution in [0.25, 0.3) is 6.08 Å². The minimum atomic E-state index is -3.91. The van der Waals surface area contributed by atoms with Gasteiger partial charge in [0.2, 0.25) is 5.89 Å². The van der Waals surface area contributed by atoms with Gasteiger partial charge in [-0.3, -0.25) is 4.55 Å². The number of rotatable bonds is 7. The van der Waals surface area contributed by atoms with Gasteiger partial charge < -0.3 is 9.15 Å². The van der Waals surface area contributed by atoms with Crippen LogP contribution >= 0.6 is 0 Å².